The van der Waals surface area contributed by atoms with E-state index in [4.69, 9.17) is 25.8 Å². The number of amides is 1. The first-order valence-corrected chi connectivity index (χ1v) is 13.9. The first-order chi connectivity index (χ1) is 19.9. The van der Waals surface area contributed by atoms with Gasteiger partial charge in [-0.05, 0) is 75.1 Å². The van der Waals surface area contributed by atoms with Gasteiger partial charge in [-0.3, -0.25) is 4.79 Å². The van der Waals surface area contributed by atoms with Gasteiger partial charge in [0.1, 0.15) is 35.4 Å². The van der Waals surface area contributed by atoms with Gasteiger partial charge in [-0.15, -0.1) is 0 Å². The van der Waals surface area contributed by atoms with Crippen LogP contribution >= 0.6 is 11.6 Å². The largest absolute Gasteiger partial charge is 0.490 e. The minimum Gasteiger partial charge on any atom is -0.490 e. The molecule has 2 aromatic carbocycles. The van der Waals surface area contributed by atoms with Crippen LogP contribution in [0.3, 0.4) is 0 Å². The summed E-state index contributed by atoms with van der Waals surface area (Å²) < 4.78 is 72.7. The van der Waals surface area contributed by atoms with E-state index in [0.717, 1.165) is 37.8 Å². The molecule has 0 spiro atoms. The van der Waals surface area contributed by atoms with Gasteiger partial charge in [-0.1, -0.05) is 11.6 Å². The fourth-order valence-electron chi connectivity index (χ4n) is 4.62. The molecule has 2 aliphatic carbocycles. The third-order valence-corrected chi connectivity index (χ3v) is 7.64. The Hall–Kier alpha value is -3.57. The molecule has 222 valence electrons. The molecule has 2 N–H and O–H groups in total. The maximum absolute atomic E-state index is 13.9. The highest BCUT2D eigenvalue weighted by Crippen LogP contribution is 2.48. The van der Waals surface area contributed by atoms with Crippen LogP contribution in [0.4, 0.5) is 17.6 Å². The Kier molecular flexibility index (Phi) is 7.21. The summed E-state index contributed by atoms with van der Waals surface area (Å²) in [6.07, 6.45) is -0.654. The number of aromatic nitrogens is 1. The van der Waals surface area contributed by atoms with E-state index in [2.05, 4.69) is 10.3 Å². The molecule has 2 atom stereocenters. The molecule has 0 saturated heterocycles. The molecule has 2 saturated carbocycles. The van der Waals surface area contributed by atoms with Crippen LogP contribution in [0.2, 0.25) is 5.02 Å². The van der Waals surface area contributed by atoms with Crippen molar-refractivity contribution in [3.05, 3.63) is 70.1 Å². The summed E-state index contributed by atoms with van der Waals surface area (Å²) in [6, 6.07) is 9.56. The molecule has 12 heteroatoms. The molecule has 1 aliphatic heterocycles. The van der Waals surface area contributed by atoms with Crippen LogP contribution in [0, 0.1) is 5.82 Å². The van der Waals surface area contributed by atoms with E-state index in [1.807, 2.05) is 0 Å². The van der Waals surface area contributed by atoms with Gasteiger partial charge in [-0.25, -0.2) is 9.37 Å². The number of carbonyl (C=O) groups excluding carboxylic acids is 1. The minimum atomic E-state index is -4.63. The molecule has 2 fully saturated rings. The number of carbonyl (C=O) groups is 1. The molecule has 3 aromatic rings. The van der Waals surface area contributed by atoms with E-state index in [-0.39, 0.29) is 57.6 Å². The third-order valence-electron chi connectivity index (χ3n) is 7.35. The highest BCUT2D eigenvalue weighted by atomic mass is 35.5. The van der Waals surface area contributed by atoms with Crippen LogP contribution in [-0.4, -0.2) is 47.5 Å². The van der Waals surface area contributed by atoms with Gasteiger partial charge in [0, 0.05) is 16.7 Å². The summed E-state index contributed by atoms with van der Waals surface area (Å²) >= 11 is 5.93. The predicted octanol–water partition coefficient (Wildman–Crippen LogP) is 6.30. The number of benzene rings is 2. The van der Waals surface area contributed by atoms with Crippen molar-refractivity contribution in [2.75, 3.05) is 13.2 Å². The summed E-state index contributed by atoms with van der Waals surface area (Å²) in [6.45, 7) is 0.282. The van der Waals surface area contributed by atoms with Gasteiger partial charge in [0.05, 0.1) is 29.5 Å². The zero-order valence-corrected chi connectivity index (χ0v) is 23.2. The van der Waals surface area contributed by atoms with Crippen LogP contribution in [0.15, 0.2) is 42.5 Å². The molecule has 6 rings (SSSR count). The highest BCUT2D eigenvalue weighted by molar-refractivity contribution is 6.31. The Morgan fingerprint density at radius 2 is 1.76 bits per heavy atom. The van der Waals surface area contributed by atoms with Gasteiger partial charge in [-0.2, -0.15) is 13.2 Å². The summed E-state index contributed by atoms with van der Waals surface area (Å²) in [5.41, 5.74) is -1.82. The number of alkyl halides is 3. The Balaban J connectivity index is 1.27. The second-order valence-electron chi connectivity index (χ2n) is 11.1. The molecule has 7 nitrogen and oxygen atoms in total. The number of nitrogens with one attached hydrogen (secondary N) is 1. The lowest BCUT2D eigenvalue weighted by molar-refractivity contribution is -0.151. The Labute approximate surface area is 243 Å². The van der Waals surface area contributed by atoms with E-state index < -0.39 is 36.0 Å². The Morgan fingerprint density at radius 1 is 1.07 bits per heavy atom. The number of hydrogen-bond donors (Lipinski definition) is 2. The van der Waals surface area contributed by atoms with Crippen molar-refractivity contribution >= 4 is 17.5 Å². The minimum absolute atomic E-state index is 0.0316. The first-order valence-electron chi connectivity index (χ1n) is 13.6. The van der Waals surface area contributed by atoms with Crippen molar-refractivity contribution in [1.82, 2.24) is 10.3 Å². The van der Waals surface area contributed by atoms with Crippen molar-refractivity contribution in [2.45, 2.75) is 62.5 Å². The summed E-state index contributed by atoms with van der Waals surface area (Å²) in [5.74, 6) is -2.31. The number of nitrogens with zero attached hydrogens (tertiary/aromatic N) is 1. The molecule has 42 heavy (non-hydrogen) atoms. The van der Waals surface area contributed by atoms with Crippen molar-refractivity contribution < 1.29 is 41.7 Å². The maximum Gasteiger partial charge on any atom is 0.399 e. The van der Waals surface area contributed by atoms with Gasteiger partial charge in [0.2, 0.25) is 0 Å². The Bertz CT molecular complexity index is 1540. The van der Waals surface area contributed by atoms with Gasteiger partial charge >= 0.3 is 6.18 Å². The number of rotatable bonds is 9. The number of aliphatic hydroxyl groups is 1. The predicted molar refractivity (Wildman–Crippen MR) is 145 cm³/mol. The van der Waals surface area contributed by atoms with Crippen molar-refractivity contribution in [3.8, 4) is 28.5 Å². The monoisotopic (exact) mass is 606 g/mol. The second kappa shape index (κ2) is 10.6. The van der Waals surface area contributed by atoms with Gasteiger partial charge in [0.25, 0.3) is 5.91 Å². The summed E-state index contributed by atoms with van der Waals surface area (Å²) in [4.78, 5) is 17.5. The molecule has 1 amide bonds. The maximum atomic E-state index is 13.9. The van der Waals surface area contributed by atoms with Crippen LogP contribution < -0.4 is 19.5 Å². The summed E-state index contributed by atoms with van der Waals surface area (Å²) in [5, 5.41) is 13.8. The Morgan fingerprint density at radius 3 is 2.40 bits per heavy atom. The summed E-state index contributed by atoms with van der Waals surface area (Å²) in [7, 11) is 0. The average molecular weight is 607 g/mol. The number of fused-ring (bicyclic) bond motifs is 1. The molecular weight excluding hydrogens is 580 g/mol. The molecule has 0 unspecified atom stereocenters. The lowest BCUT2D eigenvalue weighted by atomic mass is 9.93. The van der Waals surface area contributed by atoms with Crippen molar-refractivity contribution in [3.63, 3.8) is 0 Å². The van der Waals surface area contributed by atoms with Crippen LogP contribution in [0.1, 0.15) is 60.1 Å². The van der Waals surface area contributed by atoms with Crippen LogP contribution in [-0.2, 0) is 5.60 Å². The van der Waals surface area contributed by atoms with Crippen LogP contribution in [0.25, 0.3) is 11.3 Å². The van der Waals surface area contributed by atoms with Crippen LogP contribution in [0.5, 0.6) is 17.2 Å². The molecular formula is C30H27ClF4N2O5. The average Bonchev–Trinajstić information content (AvgIpc) is 3.87. The molecule has 0 radical (unpaired) electrons. The number of ether oxygens (including phenoxy) is 3. The lowest BCUT2D eigenvalue weighted by Gasteiger charge is -2.25. The van der Waals surface area contributed by atoms with Crippen molar-refractivity contribution in [2.24, 2.45) is 0 Å². The highest BCUT2D eigenvalue weighted by Gasteiger charge is 2.47. The van der Waals surface area contributed by atoms with E-state index in [1.165, 1.54) is 19.1 Å². The van der Waals surface area contributed by atoms with Crippen molar-refractivity contribution in [1.29, 1.82) is 0 Å². The molecule has 3 aliphatic rings. The molecule has 0 bridgehead atoms. The topological polar surface area (TPSA) is 89.9 Å². The second-order valence-corrected chi connectivity index (χ2v) is 11.5. The molecule has 2 heterocycles. The fourth-order valence-corrected chi connectivity index (χ4v) is 4.80. The quantitative estimate of drug-likeness (QED) is 0.278. The lowest BCUT2D eigenvalue weighted by Crippen LogP contribution is -2.39. The van der Waals surface area contributed by atoms with E-state index in [9.17, 15) is 27.5 Å². The van der Waals surface area contributed by atoms with Gasteiger partial charge in [0.15, 0.2) is 11.5 Å². The van der Waals surface area contributed by atoms with E-state index in [0.29, 0.717) is 11.5 Å². The van der Waals surface area contributed by atoms with E-state index in [1.54, 1.807) is 18.2 Å². The van der Waals surface area contributed by atoms with Gasteiger partial charge < -0.3 is 24.6 Å². The zero-order chi connectivity index (χ0) is 29.8. The third kappa shape index (κ3) is 5.98. The number of hydrogen-bond acceptors (Lipinski definition) is 6. The standard InChI is InChI=1S/C30H27ClF4N2O5/c1-29(39,14-36-28(38)16-3-9-23(41-17-4-5-17)24(11-16)42-18-6-7-18)25-12-19-20(30(33,34)35)13-40-27(19)26(37-25)15-2-8-22(32)21(31)10-15/h2-3,8-12,17-18,20,39H,4-7,13-14H2,1H3,(H,36,38)/t20-,29+/m1/s1. The molecule has 1 aromatic heterocycles. The smallest absolute Gasteiger partial charge is 0.399 e. The zero-order valence-electron chi connectivity index (χ0n) is 22.4. The van der Waals surface area contributed by atoms with E-state index >= 15 is 0 Å². The fraction of sp³-hybridized carbons (Fsp3) is 0.400. The SMILES string of the molecule is C[C@](O)(CNC(=O)c1ccc(OC2CC2)c(OC2CC2)c1)c1cc2c(c(-c3ccc(F)c(Cl)c3)n1)OC[C@H]2C(F)(F)F. The number of pyridine rings is 1. The number of halogens is 5. The normalized spacial score (nSPS) is 19.5. The first kappa shape index (κ1) is 28.5.